The standard InChI is InChI=1S/C15H24FN3S/c1-11(2)7-17-8-13-6-14(16)9-18-15(13)19-4-5-20-10-12(19)3/h6,9,11-12,17H,4-5,7-8,10H2,1-3H3. The molecule has 0 aromatic carbocycles. The Morgan fingerprint density at radius 3 is 3.05 bits per heavy atom. The zero-order valence-electron chi connectivity index (χ0n) is 12.5. The molecule has 1 atom stereocenters. The maximum absolute atomic E-state index is 13.5. The fourth-order valence-electron chi connectivity index (χ4n) is 2.40. The van der Waals surface area contributed by atoms with Gasteiger partial charge in [-0.05, 0) is 25.5 Å². The lowest BCUT2D eigenvalue weighted by molar-refractivity contribution is 0.546. The van der Waals surface area contributed by atoms with Gasteiger partial charge >= 0.3 is 0 Å². The van der Waals surface area contributed by atoms with Crippen molar-refractivity contribution in [3.63, 3.8) is 0 Å². The number of aromatic nitrogens is 1. The third-order valence-electron chi connectivity index (χ3n) is 3.42. The highest BCUT2D eigenvalue weighted by Gasteiger charge is 2.22. The van der Waals surface area contributed by atoms with Crippen LogP contribution in [0.25, 0.3) is 0 Å². The molecule has 0 radical (unpaired) electrons. The summed E-state index contributed by atoms with van der Waals surface area (Å²) < 4.78 is 13.5. The van der Waals surface area contributed by atoms with Crippen LogP contribution in [0.3, 0.4) is 0 Å². The molecule has 0 bridgehead atoms. The van der Waals surface area contributed by atoms with Gasteiger partial charge in [0.2, 0.25) is 0 Å². The molecule has 0 aliphatic carbocycles. The molecule has 0 saturated carbocycles. The summed E-state index contributed by atoms with van der Waals surface area (Å²) in [7, 11) is 0. The predicted octanol–water partition coefficient (Wildman–Crippen LogP) is 2.91. The van der Waals surface area contributed by atoms with Crippen LogP contribution in [-0.4, -0.2) is 35.6 Å². The molecule has 20 heavy (non-hydrogen) atoms. The van der Waals surface area contributed by atoms with Crippen LogP contribution in [0.15, 0.2) is 12.3 Å². The quantitative estimate of drug-likeness (QED) is 0.904. The van der Waals surface area contributed by atoms with Gasteiger partial charge in [0.05, 0.1) is 6.20 Å². The average Bonchev–Trinajstić information content (AvgIpc) is 2.40. The molecule has 2 rings (SSSR count). The highest BCUT2D eigenvalue weighted by atomic mass is 32.2. The smallest absolute Gasteiger partial charge is 0.141 e. The van der Waals surface area contributed by atoms with E-state index < -0.39 is 0 Å². The van der Waals surface area contributed by atoms with Gasteiger partial charge in [-0.25, -0.2) is 9.37 Å². The van der Waals surface area contributed by atoms with Crippen molar-refractivity contribution in [2.24, 2.45) is 5.92 Å². The Labute approximate surface area is 125 Å². The van der Waals surface area contributed by atoms with Gasteiger partial charge in [0.1, 0.15) is 11.6 Å². The van der Waals surface area contributed by atoms with Crippen molar-refractivity contribution in [3.05, 3.63) is 23.6 Å². The highest BCUT2D eigenvalue weighted by Crippen LogP contribution is 2.25. The minimum atomic E-state index is -0.255. The molecule has 0 spiro atoms. The Morgan fingerprint density at radius 1 is 1.55 bits per heavy atom. The van der Waals surface area contributed by atoms with Gasteiger partial charge in [0, 0.05) is 36.2 Å². The lowest BCUT2D eigenvalue weighted by atomic mass is 10.2. The van der Waals surface area contributed by atoms with Gasteiger partial charge < -0.3 is 10.2 Å². The molecule has 1 aliphatic heterocycles. The van der Waals surface area contributed by atoms with E-state index >= 15 is 0 Å². The van der Waals surface area contributed by atoms with Crippen LogP contribution in [-0.2, 0) is 6.54 Å². The summed E-state index contributed by atoms with van der Waals surface area (Å²) in [4.78, 5) is 6.66. The van der Waals surface area contributed by atoms with Gasteiger partial charge in [-0.3, -0.25) is 0 Å². The van der Waals surface area contributed by atoms with Crippen molar-refractivity contribution >= 4 is 17.6 Å². The maximum Gasteiger partial charge on any atom is 0.141 e. The fourth-order valence-corrected chi connectivity index (χ4v) is 3.41. The van der Waals surface area contributed by atoms with Crippen molar-refractivity contribution in [2.75, 3.05) is 29.5 Å². The van der Waals surface area contributed by atoms with E-state index in [0.29, 0.717) is 18.5 Å². The monoisotopic (exact) mass is 297 g/mol. The van der Waals surface area contributed by atoms with Gasteiger partial charge in [-0.1, -0.05) is 13.8 Å². The third-order valence-corrected chi connectivity index (χ3v) is 4.61. The van der Waals surface area contributed by atoms with Crippen molar-refractivity contribution < 1.29 is 4.39 Å². The number of rotatable bonds is 5. The summed E-state index contributed by atoms with van der Waals surface area (Å²) in [5.41, 5.74) is 0.962. The van der Waals surface area contributed by atoms with Crippen LogP contribution in [0.4, 0.5) is 10.2 Å². The van der Waals surface area contributed by atoms with E-state index in [1.807, 2.05) is 11.8 Å². The molecule has 1 aromatic rings. The molecule has 5 heteroatoms. The zero-order valence-corrected chi connectivity index (χ0v) is 13.3. The Bertz CT molecular complexity index is 439. The predicted molar refractivity (Wildman–Crippen MR) is 84.9 cm³/mol. The molecule has 112 valence electrons. The molecule has 1 saturated heterocycles. The van der Waals surface area contributed by atoms with Crippen LogP contribution in [0.5, 0.6) is 0 Å². The van der Waals surface area contributed by atoms with E-state index in [-0.39, 0.29) is 5.82 Å². The molecular weight excluding hydrogens is 273 g/mol. The number of nitrogens with one attached hydrogen (secondary N) is 1. The molecule has 1 aliphatic rings. The van der Waals surface area contributed by atoms with Crippen molar-refractivity contribution in [1.82, 2.24) is 10.3 Å². The summed E-state index contributed by atoms with van der Waals surface area (Å²) >= 11 is 1.97. The molecule has 1 N–H and O–H groups in total. The van der Waals surface area contributed by atoms with Gasteiger partial charge in [-0.2, -0.15) is 11.8 Å². The first kappa shape index (κ1) is 15.6. The van der Waals surface area contributed by atoms with Crippen LogP contribution in [0.2, 0.25) is 0 Å². The van der Waals surface area contributed by atoms with Crippen LogP contribution in [0, 0.1) is 11.7 Å². The van der Waals surface area contributed by atoms with E-state index in [9.17, 15) is 4.39 Å². The van der Waals surface area contributed by atoms with E-state index in [0.717, 1.165) is 36.0 Å². The highest BCUT2D eigenvalue weighted by molar-refractivity contribution is 7.99. The third kappa shape index (κ3) is 4.09. The zero-order chi connectivity index (χ0) is 14.5. The second kappa shape index (κ2) is 7.27. The minimum absolute atomic E-state index is 0.255. The van der Waals surface area contributed by atoms with Crippen LogP contribution in [0.1, 0.15) is 26.3 Å². The average molecular weight is 297 g/mol. The molecule has 1 fully saturated rings. The number of pyridine rings is 1. The Balaban J connectivity index is 2.14. The van der Waals surface area contributed by atoms with Crippen molar-refractivity contribution in [3.8, 4) is 0 Å². The number of anilines is 1. The summed E-state index contributed by atoms with van der Waals surface area (Å²) in [5, 5.41) is 3.38. The number of nitrogens with zero attached hydrogens (tertiary/aromatic N) is 2. The van der Waals surface area contributed by atoms with Crippen LogP contribution < -0.4 is 10.2 Å². The molecular formula is C15H24FN3S. The number of hydrogen-bond donors (Lipinski definition) is 1. The second-order valence-corrected chi connectivity index (χ2v) is 6.93. The van der Waals surface area contributed by atoms with Crippen molar-refractivity contribution in [2.45, 2.75) is 33.4 Å². The van der Waals surface area contributed by atoms with E-state index in [4.69, 9.17) is 0 Å². The van der Waals surface area contributed by atoms with Gasteiger partial charge in [0.15, 0.2) is 0 Å². The summed E-state index contributed by atoms with van der Waals surface area (Å²) in [6.45, 7) is 9.14. The molecule has 3 nitrogen and oxygen atoms in total. The van der Waals surface area contributed by atoms with Crippen LogP contribution >= 0.6 is 11.8 Å². The lowest BCUT2D eigenvalue weighted by Gasteiger charge is -2.35. The lowest BCUT2D eigenvalue weighted by Crippen LogP contribution is -2.41. The SMILES string of the molecule is CC(C)CNCc1cc(F)cnc1N1CCSCC1C. The van der Waals surface area contributed by atoms with Gasteiger partial charge in [-0.15, -0.1) is 0 Å². The Hall–Kier alpha value is -0.810. The molecule has 1 aromatic heterocycles. The first-order chi connectivity index (χ1) is 9.58. The van der Waals surface area contributed by atoms with E-state index in [2.05, 4.69) is 36.0 Å². The molecule has 1 unspecified atom stereocenters. The second-order valence-electron chi connectivity index (χ2n) is 5.78. The fraction of sp³-hybridized carbons (Fsp3) is 0.667. The first-order valence-electron chi connectivity index (χ1n) is 7.27. The summed E-state index contributed by atoms with van der Waals surface area (Å²) in [6, 6.07) is 2.07. The first-order valence-corrected chi connectivity index (χ1v) is 8.43. The number of halogens is 1. The Kier molecular flexibility index (Phi) is 5.66. The van der Waals surface area contributed by atoms with Crippen molar-refractivity contribution in [1.29, 1.82) is 0 Å². The minimum Gasteiger partial charge on any atom is -0.352 e. The maximum atomic E-state index is 13.5. The molecule has 2 heterocycles. The summed E-state index contributed by atoms with van der Waals surface area (Å²) in [6.07, 6.45) is 1.33. The topological polar surface area (TPSA) is 28.2 Å². The van der Waals surface area contributed by atoms with E-state index in [1.54, 1.807) is 6.07 Å². The number of hydrogen-bond acceptors (Lipinski definition) is 4. The molecule has 0 amide bonds. The number of thioether (sulfide) groups is 1. The largest absolute Gasteiger partial charge is 0.352 e. The summed E-state index contributed by atoms with van der Waals surface area (Å²) in [5.74, 6) is 3.50. The van der Waals surface area contributed by atoms with E-state index in [1.165, 1.54) is 6.20 Å². The normalized spacial score (nSPS) is 19.6. The van der Waals surface area contributed by atoms with Gasteiger partial charge in [0.25, 0.3) is 0 Å². The Morgan fingerprint density at radius 2 is 2.35 bits per heavy atom.